The summed E-state index contributed by atoms with van der Waals surface area (Å²) in [7, 11) is 0. The van der Waals surface area contributed by atoms with Gasteiger partial charge in [0, 0.05) is 16.7 Å². The molecule has 0 radical (unpaired) electrons. The summed E-state index contributed by atoms with van der Waals surface area (Å²) in [6.45, 7) is 3.65. The van der Waals surface area contributed by atoms with Crippen LogP contribution in [0.25, 0.3) is 22.6 Å². The number of aromatic amines is 1. The Morgan fingerprint density at radius 2 is 1.75 bits per heavy atom. The average molecular weight is 531 g/mol. The Kier molecular flexibility index (Phi) is 5.77. The predicted octanol–water partition coefficient (Wildman–Crippen LogP) is 8.24. The third-order valence-electron chi connectivity index (χ3n) is 5.72. The molecular weight excluding hydrogens is 515 g/mol. The molecule has 9 heteroatoms. The fourth-order valence-corrected chi connectivity index (χ4v) is 4.41. The Morgan fingerprint density at radius 1 is 0.972 bits per heavy atom. The molecule has 36 heavy (non-hydrogen) atoms. The highest BCUT2D eigenvalue weighted by Crippen LogP contribution is 2.45. The van der Waals surface area contributed by atoms with Crippen LogP contribution in [0, 0.1) is 17.7 Å². The first-order valence-electron chi connectivity index (χ1n) is 10.7. The minimum atomic E-state index is -4.50. The molecule has 0 saturated heterocycles. The van der Waals surface area contributed by atoms with Crippen LogP contribution in [0.4, 0.5) is 17.6 Å². The number of ether oxygens (including phenoxy) is 1. The summed E-state index contributed by atoms with van der Waals surface area (Å²) >= 11 is 12.3. The van der Waals surface area contributed by atoms with Gasteiger partial charge < -0.3 is 9.72 Å². The van der Waals surface area contributed by atoms with Gasteiger partial charge in [0.1, 0.15) is 28.7 Å². The second-order valence-electron chi connectivity index (χ2n) is 8.67. The number of nitrogens with one attached hydrogen (secondary N) is 1. The normalized spacial score (nSPS) is 13.8. The SMILES string of the molecule is CC1(C)Oc2cc(C#Cc3cc(C(F)(F)F)ccc3Cl)ccc2-c2[nH]c(-c3c(F)cccc3Cl)nc21. The molecule has 3 aromatic carbocycles. The van der Waals surface area contributed by atoms with Gasteiger partial charge in [-0.25, -0.2) is 9.37 Å². The molecule has 5 rings (SSSR count). The summed E-state index contributed by atoms with van der Waals surface area (Å²) in [4.78, 5) is 7.76. The highest BCUT2D eigenvalue weighted by molar-refractivity contribution is 6.33. The van der Waals surface area contributed by atoms with E-state index in [1.807, 2.05) is 13.8 Å². The number of imidazole rings is 1. The lowest BCUT2D eigenvalue weighted by molar-refractivity contribution is -0.137. The monoisotopic (exact) mass is 530 g/mol. The van der Waals surface area contributed by atoms with Gasteiger partial charge in [-0.3, -0.25) is 0 Å². The number of benzene rings is 3. The summed E-state index contributed by atoms with van der Waals surface area (Å²) in [5.41, 5.74) is 0.945. The van der Waals surface area contributed by atoms with E-state index >= 15 is 0 Å². The molecule has 1 N–H and O–H groups in total. The zero-order chi connectivity index (χ0) is 25.8. The van der Waals surface area contributed by atoms with Gasteiger partial charge in [0.05, 0.1) is 26.9 Å². The highest BCUT2D eigenvalue weighted by Gasteiger charge is 2.37. The van der Waals surface area contributed by atoms with E-state index in [9.17, 15) is 17.6 Å². The van der Waals surface area contributed by atoms with Gasteiger partial charge >= 0.3 is 6.18 Å². The van der Waals surface area contributed by atoms with E-state index in [2.05, 4.69) is 21.8 Å². The van der Waals surface area contributed by atoms with Crippen molar-refractivity contribution in [1.29, 1.82) is 0 Å². The van der Waals surface area contributed by atoms with Gasteiger partial charge in [-0.2, -0.15) is 13.2 Å². The number of H-pyrrole nitrogens is 1. The third-order valence-corrected chi connectivity index (χ3v) is 6.37. The number of alkyl halides is 3. The van der Waals surface area contributed by atoms with Crippen molar-refractivity contribution in [1.82, 2.24) is 9.97 Å². The number of rotatable bonds is 1. The number of aromatic nitrogens is 2. The molecule has 4 aromatic rings. The first-order chi connectivity index (χ1) is 16.9. The van der Waals surface area contributed by atoms with E-state index in [0.717, 1.165) is 12.1 Å². The quantitative estimate of drug-likeness (QED) is 0.199. The van der Waals surface area contributed by atoms with E-state index in [-0.39, 0.29) is 27.0 Å². The molecule has 0 saturated carbocycles. The molecule has 0 unspecified atom stereocenters. The van der Waals surface area contributed by atoms with Crippen molar-refractivity contribution >= 4 is 23.2 Å². The van der Waals surface area contributed by atoms with Gasteiger partial charge in [-0.15, -0.1) is 0 Å². The van der Waals surface area contributed by atoms with Crippen LogP contribution in [-0.2, 0) is 11.8 Å². The van der Waals surface area contributed by atoms with Gasteiger partial charge in [0.25, 0.3) is 0 Å². The van der Waals surface area contributed by atoms with E-state index in [0.29, 0.717) is 28.3 Å². The maximum absolute atomic E-state index is 14.5. The van der Waals surface area contributed by atoms with Crippen molar-refractivity contribution < 1.29 is 22.3 Å². The number of nitrogens with zero attached hydrogens (tertiary/aromatic N) is 1. The molecule has 182 valence electrons. The number of hydrogen-bond acceptors (Lipinski definition) is 2. The number of fused-ring (bicyclic) bond motifs is 3. The van der Waals surface area contributed by atoms with E-state index in [4.69, 9.17) is 27.9 Å². The summed E-state index contributed by atoms with van der Waals surface area (Å²) in [5, 5.41) is 0.339. The zero-order valence-corrected chi connectivity index (χ0v) is 20.3. The van der Waals surface area contributed by atoms with Crippen LogP contribution in [0.2, 0.25) is 10.0 Å². The lowest BCUT2D eigenvalue weighted by atomic mass is 9.94. The minimum absolute atomic E-state index is 0.0627. The maximum Gasteiger partial charge on any atom is 0.416 e. The Labute approximate surface area is 214 Å². The van der Waals surface area contributed by atoms with Crippen LogP contribution in [-0.4, -0.2) is 9.97 Å². The molecule has 3 nitrogen and oxygen atoms in total. The molecule has 1 aliphatic heterocycles. The molecule has 1 aromatic heterocycles. The Bertz CT molecular complexity index is 1560. The summed E-state index contributed by atoms with van der Waals surface area (Å²) in [5.74, 6) is 5.82. The van der Waals surface area contributed by atoms with Crippen LogP contribution in [0.3, 0.4) is 0 Å². The third kappa shape index (κ3) is 4.32. The molecule has 0 atom stereocenters. The van der Waals surface area contributed by atoms with E-state index in [1.54, 1.807) is 24.3 Å². The molecule has 1 aliphatic rings. The second kappa shape index (κ2) is 8.58. The summed E-state index contributed by atoms with van der Waals surface area (Å²) in [6.07, 6.45) is -4.50. The molecule has 0 bridgehead atoms. The zero-order valence-electron chi connectivity index (χ0n) is 18.8. The first kappa shape index (κ1) is 24.2. The summed E-state index contributed by atoms with van der Waals surface area (Å²) in [6, 6.07) is 12.5. The van der Waals surface area contributed by atoms with Crippen molar-refractivity contribution in [2.75, 3.05) is 0 Å². The summed E-state index contributed by atoms with van der Waals surface area (Å²) < 4.78 is 59.9. The predicted molar refractivity (Wildman–Crippen MR) is 131 cm³/mol. The standard InChI is InChI=1S/C27H16Cl2F4N2O/c1-26(2)24-23(34-25(35-24)22-19(29)4-3-5-20(22)30)17-10-7-14(12-21(17)36-26)6-8-15-13-16(27(31,32)33)9-11-18(15)28/h3-5,7,9-13H,1-2H3,(H,34,35). The lowest BCUT2D eigenvalue weighted by Gasteiger charge is -2.31. The van der Waals surface area contributed by atoms with Crippen LogP contribution in [0.5, 0.6) is 5.75 Å². The van der Waals surface area contributed by atoms with Crippen LogP contribution < -0.4 is 4.74 Å². The first-order valence-corrected chi connectivity index (χ1v) is 11.5. The Morgan fingerprint density at radius 3 is 2.47 bits per heavy atom. The topological polar surface area (TPSA) is 37.9 Å². The van der Waals surface area contributed by atoms with Crippen molar-refractivity contribution in [3.05, 3.63) is 92.8 Å². The highest BCUT2D eigenvalue weighted by atomic mass is 35.5. The maximum atomic E-state index is 14.5. The van der Waals surface area contributed by atoms with Crippen molar-refractivity contribution in [3.8, 4) is 40.2 Å². The molecular formula is C27H16Cl2F4N2O. The van der Waals surface area contributed by atoms with Crippen molar-refractivity contribution in [2.45, 2.75) is 25.6 Å². The molecule has 0 spiro atoms. The van der Waals surface area contributed by atoms with Gasteiger partial charge in [-0.05, 0) is 62.4 Å². The van der Waals surface area contributed by atoms with E-state index < -0.39 is 23.2 Å². The lowest BCUT2D eigenvalue weighted by Crippen LogP contribution is -2.29. The number of halogens is 6. The van der Waals surface area contributed by atoms with Crippen molar-refractivity contribution in [3.63, 3.8) is 0 Å². The molecule has 0 fully saturated rings. The van der Waals surface area contributed by atoms with E-state index in [1.165, 1.54) is 18.2 Å². The van der Waals surface area contributed by atoms with Crippen LogP contribution in [0.1, 0.15) is 36.2 Å². The minimum Gasteiger partial charge on any atom is -0.481 e. The van der Waals surface area contributed by atoms with Crippen LogP contribution in [0.15, 0.2) is 54.6 Å². The van der Waals surface area contributed by atoms with Gasteiger partial charge in [0.2, 0.25) is 0 Å². The van der Waals surface area contributed by atoms with Crippen molar-refractivity contribution in [2.24, 2.45) is 0 Å². The molecule has 0 amide bonds. The average Bonchev–Trinajstić information content (AvgIpc) is 3.23. The Hall–Kier alpha value is -3.47. The fraction of sp³-hybridized carbons (Fsp3) is 0.148. The van der Waals surface area contributed by atoms with Crippen LogP contribution >= 0.6 is 23.2 Å². The largest absolute Gasteiger partial charge is 0.481 e. The molecule has 2 heterocycles. The Balaban J connectivity index is 1.55. The van der Waals surface area contributed by atoms with Gasteiger partial charge in [0.15, 0.2) is 0 Å². The number of hydrogen-bond donors (Lipinski definition) is 1. The molecule has 0 aliphatic carbocycles. The second-order valence-corrected chi connectivity index (χ2v) is 9.49. The van der Waals surface area contributed by atoms with Gasteiger partial charge in [-0.1, -0.05) is 41.1 Å². The fourth-order valence-electron chi connectivity index (χ4n) is 4.00. The smallest absolute Gasteiger partial charge is 0.416 e.